The Bertz CT molecular complexity index is 3010. The number of anilines is 6. The van der Waals surface area contributed by atoms with Crippen LogP contribution in [0.5, 0.6) is 17.2 Å². The second kappa shape index (κ2) is 19.7. The molecule has 0 radical (unpaired) electrons. The minimum atomic E-state index is -0.775. The van der Waals surface area contributed by atoms with E-state index in [1.165, 1.54) is 28.1 Å². The van der Waals surface area contributed by atoms with Crippen LogP contribution >= 0.6 is 0 Å². The monoisotopic (exact) mass is 945 g/mol. The molecule has 3 aromatic carbocycles. The molecule has 15 nitrogen and oxygen atoms in total. The molecule has 9 heterocycles. The van der Waals surface area contributed by atoms with E-state index in [4.69, 9.17) is 37.4 Å². The summed E-state index contributed by atoms with van der Waals surface area (Å²) < 4.78 is 46.7. The molecule has 3 aliphatic heterocycles. The number of hydrogen-bond acceptors (Lipinski definition) is 15. The van der Waals surface area contributed by atoms with Crippen LogP contribution in [0.1, 0.15) is 72.3 Å². The highest BCUT2D eigenvalue weighted by Gasteiger charge is 2.27. The fourth-order valence-corrected chi connectivity index (χ4v) is 9.64. The first-order valence-corrected chi connectivity index (χ1v) is 23.2. The molecular weight excluding hydrogens is 888 g/mol. The third-order valence-corrected chi connectivity index (χ3v) is 12.7. The van der Waals surface area contributed by atoms with Crippen molar-refractivity contribution in [1.29, 1.82) is 0 Å². The molecule has 362 valence electrons. The first-order valence-electron chi connectivity index (χ1n) is 23.2. The lowest BCUT2D eigenvalue weighted by molar-refractivity contribution is 0.414. The summed E-state index contributed by atoms with van der Waals surface area (Å²) in [5, 5.41) is 2.67. The van der Waals surface area contributed by atoms with Crippen molar-refractivity contribution in [3.05, 3.63) is 124 Å². The molecular formula is C54H58FN9O6. The zero-order valence-electron chi connectivity index (χ0n) is 40.1. The predicted octanol–water partition coefficient (Wildman–Crippen LogP) is 12.3. The molecule has 0 N–H and O–H groups in total. The number of aromatic nitrogens is 6. The minimum Gasteiger partial charge on any atom is -0.497 e. The van der Waals surface area contributed by atoms with E-state index in [0.29, 0.717) is 23.0 Å². The van der Waals surface area contributed by atoms with Crippen LogP contribution in [0.15, 0.2) is 86.0 Å². The lowest BCUT2D eigenvalue weighted by atomic mass is 10.0. The van der Waals surface area contributed by atoms with E-state index in [9.17, 15) is 4.39 Å². The van der Waals surface area contributed by atoms with Crippen molar-refractivity contribution in [1.82, 2.24) is 29.9 Å². The molecule has 0 saturated heterocycles. The maximum Gasteiger partial charge on any atom is 0.313 e. The molecule has 6 aromatic heterocycles. The number of rotatable bonds is 6. The number of benzene rings is 3. The van der Waals surface area contributed by atoms with Gasteiger partial charge in [-0.25, -0.2) is 9.97 Å². The average molecular weight is 946 g/mol. The van der Waals surface area contributed by atoms with E-state index in [2.05, 4.69) is 54.0 Å². The molecule has 12 rings (SSSR count). The van der Waals surface area contributed by atoms with Gasteiger partial charge in [-0.15, -0.1) is 0 Å². The van der Waals surface area contributed by atoms with Crippen LogP contribution in [-0.4, -0.2) is 70.9 Å². The molecule has 0 unspecified atom stereocenters. The number of hydrogen-bond donors (Lipinski definition) is 0. The molecule has 0 spiro atoms. The summed E-state index contributed by atoms with van der Waals surface area (Å²) in [4.78, 5) is 32.6. The van der Waals surface area contributed by atoms with E-state index < -0.39 is 6.08 Å². The molecule has 0 fully saturated rings. The Kier molecular flexibility index (Phi) is 13.3. The average Bonchev–Trinajstić information content (AvgIpc) is 4.06. The van der Waals surface area contributed by atoms with E-state index in [0.717, 1.165) is 132 Å². The summed E-state index contributed by atoms with van der Waals surface area (Å²) in [6, 6.07) is 24.3. The van der Waals surface area contributed by atoms with Gasteiger partial charge in [-0.1, -0.05) is 7.43 Å². The van der Waals surface area contributed by atoms with Crippen LogP contribution in [0.25, 0.3) is 33.3 Å². The number of ether oxygens (including phenoxy) is 3. The zero-order valence-corrected chi connectivity index (χ0v) is 40.1. The number of halogens is 1. The fraction of sp³-hybridized carbons (Fsp3) is 0.333. The lowest BCUT2D eigenvalue weighted by Crippen LogP contribution is -2.26. The Morgan fingerprint density at radius 2 is 0.771 bits per heavy atom. The summed E-state index contributed by atoms with van der Waals surface area (Å²) in [6.45, 7) is 12.2. The van der Waals surface area contributed by atoms with E-state index in [1.807, 2.05) is 88.0 Å². The van der Waals surface area contributed by atoms with Gasteiger partial charge in [-0.2, -0.15) is 24.3 Å². The highest BCUT2D eigenvalue weighted by Crippen LogP contribution is 2.41. The van der Waals surface area contributed by atoms with Crippen molar-refractivity contribution in [3.8, 4) is 17.2 Å². The van der Waals surface area contributed by atoms with Crippen molar-refractivity contribution in [2.24, 2.45) is 0 Å². The van der Waals surface area contributed by atoms with Crippen molar-refractivity contribution in [2.45, 2.75) is 80.6 Å². The number of nitrogens with zero attached hydrogens (tertiary/aromatic N) is 9. The maximum absolute atomic E-state index is 13.8. The highest BCUT2D eigenvalue weighted by atomic mass is 18.2. The third-order valence-electron chi connectivity index (χ3n) is 12.7. The van der Waals surface area contributed by atoms with Crippen molar-refractivity contribution >= 4 is 67.8 Å². The Balaban J connectivity index is 0.000000129. The maximum atomic E-state index is 13.8. The molecule has 0 amide bonds. The van der Waals surface area contributed by atoms with Crippen molar-refractivity contribution < 1.29 is 31.9 Å². The molecule has 9 aromatic rings. The normalized spacial score (nSPS) is 13.9. The SMILES string of the molecule is C.COc1ccc2c(c1)CCCN2c1nc(C)nc2oc(C)cc12.COc1ccc2c(c1)CCCN2c1nc([18F])nc2oc(C)cc12.Cc1nc(N2CCCc3cc(O[11CH3])ccc32)c2cc(C)oc2n1. The van der Waals surface area contributed by atoms with Gasteiger partial charge in [-0.3, -0.25) is 0 Å². The van der Waals surface area contributed by atoms with E-state index in [-0.39, 0.29) is 13.1 Å². The van der Waals surface area contributed by atoms with Crippen LogP contribution in [-0.2, 0) is 19.3 Å². The summed E-state index contributed by atoms with van der Waals surface area (Å²) in [6.07, 6.45) is 5.43. The van der Waals surface area contributed by atoms with Gasteiger partial charge in [-0.05, 0) is 163 Å². The number of methoxy groups -OCH3 is 3. The second-order valence-corrected chi connectivity index (χ2v) is 17.5. The van der Waals surface area contributed by atoms with Crippen LogP contribution < -0.4 is 28.9 Å². The standard InChI is InChI=1S/2C18H19N3O2.C17H16FN3O2.CH4/c2*1-11-9-15-17(19-12(2)20-18(15)23-11)21-8-4-5-13-10-14(22-3)6-7-16(13)21;1-10-8-13-15(19-17(18)20-16(13)23-10)21-7-3-4-11-9-12(22-2)5-6-14(11)21;/h2*6-7,9-10H,4-5,8H2,1-3H3;5-6,8-9H,3-4,7H2,1-2H3;1H4/i3-1;;18-1;. The molecule has 0 bridgehead atoms. The number of aryl methyl sites for hydroxylation is 8. The molecule has 70 heavy (non-hydrogen) atoms. The van der Waals surface area contributed by atoms with Crippen LogP contribution in [0.2, 0.25) is 0 Å². The lowest BCUT2D eigenvalue weighted by Gasteiger charge is -2.31. The molecule has 3 aliphatic rings. The smallest absolute Gasteiger partial charge is 0.313 e. The summed E-state index contributed by atoms with van der Waals surface area (Å²) >= 11 is 0. The molecule has 16 heteroatoms. The first-order chi connectivity index (χ1) is 33.5. The van der Waals surface area contributed by atoms with Gasteiger partial charge >= 0.3 is 6.08 Å². The fourth-order valence-electron chi connectivity index (χ4n) is 9.64. The Hall–Kier alpha value is -7.75. The van der Waals surface area contributed by atoms with Gasteiger partial charge in [0.25, 0.3) is 0 Å². The summed E-state index contributed by atoms with van der Waals surface area (Å²) in [5.41, 5.74) is 8.76. The third kappa shape index (κ3) is 9.25. The van der Waals surface area contributed by atoms with Crippen molar-refractivity contribution in [2.75, 3.05) is 55.7 Å². The molecule has 0 aliphatic carbocycles. The Morgan fingerprint density at radius 3 is 1.11 bits per heavy atom. The zero-order chi connectivity index (χ0) is 47.9. The predicted molar refractivity (Wildman–Crippen MR) is 271 cm³/mol. The summed E-state index contributed by atoms with van der Waals surface area (Å²) in [5.74, 6) is 8.87. The number of furan rings is 3. The van der Waals surface area contributed by atoms with Gasteiger partial charge in [0.15, 0.2) is 5.82 Å². The summed E-state index contributed by atoms with van der Waals surface area (Å²) in [7, 11) is 5.06. The van der Waals surface area contributed by atoms with Gasteiger partial charge < -0.3 is 42.2 Å². The quantitative estimate of drug-likeness (QED) is 0.145. The minimum absolute atomic E-state index is 0. The van der Waals surface area contributed by atoms with Gasteiger partial charge in [0, 0.05) is 36.7 Å². The molecule has 0 atom stereocenters. The van der Waals surface area contributed by atoms with Crippen LogP contribution in [0.3, 0.4) is 0 Å². The van der Waals surface area contributed by atoms with Crippen molar-refractivity contribution in [3.63, 3.8) is 0 Å². The largest absolute Gasteiger partial charge is 0.497 e. The van der Waals surface area contributed by atoms with Crippen LogP contribution in [0, 0.1) is 40.7 Å². The molecule has 0 saturated carbocycles. The van der Waals surface area contributed by atoms with Gasteiger partial charge in [0.05, 0.1) is 37.5 Å². The Labute approximate surface area is 406 Å². The topological polar surface area (TPSA) is 154 Å². The first kappa shape index (κ1) is 47.3. The van der Waals surface area contributed by atoms with E-state index >= 15 is 0 Å². The van der Waals surface area contributed by atoms with E-state index in [1.54, 1.807) is 21.3 Å². The number of fused-ring (bicyclic) bond motifs is 6. The highest BCUT2D eigenvalue weighted by molar-refractivity contribution is 5.92. The Morgan fingerprint density at radius 1 is 0.443 bits per heavy atom. The second-order valence-electron chi connectivity index (χ2n) is 17.5. The van der Waals surface area contributed by atoms with Gasteiger partial charge in [0.1, 0.15) is 57.8 Å². The van der Waals surface area contributed by atoms with Gasteiger partial charge in [0.2, 0.25) is 17.1 Å². The van der Waals surface area contributed by atoms with Crippen LogP contribution in [0.4, 0.5) is 38.9 Å².